The molecule has 0 aliphatic heterocycles. The maximum Gasteiger partial charge on any atom is 0.449 e. The quantitative estimate of drug-likeness (QED) is 0.837. The van der Waals surface area contributed by atoms with Crippen molar-refractivity contribution in [3.05, 3.63) is 29.6 Å². The number of rotatable bonds is 1. The first-order valence-electron chi connectivity index (χ1n) is 4.57. The van der Waals surface area contributed by atoms with Crippen molar-refractivity contribution >= 4 is 17.0 Å². The molecule has 7 heteroatoms. The number of alkyl halides is 3. The van der Waals surface area contributed by atoms with Gasteiger partial charge in [0, 0.05) is 7.05 Å². The van der Waals surface area contributed by atoms with Crippen molar-refractivity contribution in [3.8, 4) is 0 Å². The number of halogens is 3. The lowest BCUT2D eigenvalue weighted by atomic mass is 10.2. The van der Waals surface area contributed by atoms with E-state index in [1.807, 2.05) is 0 Å². The molecule has 0 spiro atoms. The van der Waals surface area contributed by atoms with E-state index in [-0.39, 0.29) is 16.6 Å². The monoisotopic (exact) mass is 244 g/mol. The van der Waals surface area contributed by atoms with E-state index in [0.29, 0.717) is 0 Å². The second-order valence-corrected chi connectivity index (χ2v) is 3.50. The van der Waals surface area contributed by atoms with Crippen molar-refractivity contribution in [1.82, 2.24) is 9.55 Å². The number of hydrogen-bond acceptors (Lipinski definition) is 2. The highest BCUT2D eigenvalue weighted by atomic mass is 19.4. The van der Waals surface area contributed by atoms with E-state index in [1.165, 1.54) is 25.2 Å². The van der Waals surface area contributed by atoms with Gasteiger partial charge < -0.3 is 9.67 Å². The van der Waals surface area contributed by atoms with Crippen molar-refractivity contribution in [2.75, 3.05) is 0 Å². The van der Waals surface area contributed by atoms with Crippen LogP contribution in [-0.4, -0.2) is 20.6 Å². The van der Waals surface area contributed by atoms with Crippen LogP contribution < -0.4 is 0 Å². The predicted octanol–water partition coefficient (Wildman–Crippen LogP) is 2.29. The fraction of sp³-hybridized carbons (Fsp3) is 0.200. The Labute approximate surface area is 93.3 Å². The summed E-state index contributed by atoms with van der Waals surface area (Å²) in [6, 6.07) is 3.64. The molecule has 0 aliphatic carbocycles. The zero-order valence-electron chi connectivity index (χ0n) is 8.62. The number of aromatic carboxylic acids is 1. The number of carbonyl (C=O) groups is 1. The molecule has 0 amide bonds. The fourth-order valence-electron chi connectivity index (χ4n) is 1.58. The summed E-state index contributed by atoms with van der Waals surface area (Å²) in [4.78, 5) is 14.1. The molecule has 0 atom stereocenters. The molecule has 90 valence electrons. The zero-order chi connectivity index (χ0) is 12.8. The molecule has 2 aromatic rings. The molecule has 0 saturated carbocycles. The third-order valence-corrected chi connectivity index (χ3v) is 2.38. The third kappa shape index (κ3) is 1.83. The second kappa shape index (κ2) is 3.47. The first-order valence-corrected chi connectivity index (χ1v) is 4.57. The smallest absolute Gasteiger partial charge is 0.449 e. The standard InChI is InChI=1S/C10H7F3N2O2/c1-15-7-4-5(8(16)17)2-3-6(7)14-9(15)10(11,12)13/h2-4H,1H3,(H,16,17). The average Bonchev–Trinajstić information content (AvgIpc) is 2.55. The highest BCUT2D eigenvalue weighted by molar-refractivity contribution is 5.92. The lowest BCUT2D eigenvalue weighted by molar-refractivity contribution is -0.146. The van der Waals surface area contributed by atoms with Gasteiger partial charge in [-0.1, -0.05) is 0 Å². The van der Waals surface area contributed by atoms with Gasteiger partial charge in [-0.3, -0.25) is 0 Å². The van der Waals surface area contributed by atoms with Crippen LogP contribution in [0.4, 0.5) is 13.2 Å². The summed E-state index contributed by atoms with van der Waals surface area (Å²) in [7, 11) is 1.20. The highest BCUT2D eigenvalue weighted by Gasteiger charge is 2.36. The summed E-state index contributed by atoms with van der Waals surface area (Å²) in [6.45, 7) is 0. The van der Waals surface area contributed by atoms with E-state index < -0.39 is 18.0 Å². The van der Waals surface area contributed by atoms with E-state index in [2.05, 4.69) is 4.98 Å². The number of nitrogens with zero attached hydrogens (tertiary/aromatic N) is 2. The maximum atomic E-state index is 12.5. The van der Waals surface area contributed by atoms with Crippen LogP contribution in [0.5, 0.6) is 0 Å². The number of hydrogen-bond donors (Lipinski definition) is 1. The molecule has 0 bridgehead atoms. The Morgan fingerprint density at radius 1 is 1.41 bits per heavy atom. The van der Waals surface area contributed by atoms with Gasteiger partial charge in [-0.15, -0.1) is 0 Å². The van der Waals surface area contributed by atoms with E-state index >= 15 is 0 Å². The minimum absolute atomic E-state index is 0.0748. The molecule has 0 aliphatic rings. The SMILES string of the molecule is Cn1c(C(F)(F)F)nc2ccc(C(=O)O)cc21. The van der Waals surface area contributed by atoms with Gasteiger partial charge in [0.25, 0.3) is 0 Å². The number of carboxylic acids is 1. The van der Waals surface area contributed by atoms with Gasteiger partial charge in [0.05, 0.1) is 16.6 Å². The van der Waals surface area contributed by atoms with Gasteiger partial charge in [-0.25, -0.2) is 9.78 Å². The first-order chi connectivity index (χ1) is 7.80. The Kier molecular flexibility index (Phi) is 2.34. The molecule has 1 heterocycles. The first kappa shape index (κ1) is 11.4. The van der Waals surface area contributed by atoms with Crippen LogP contribution in [0.1, 0.15) is 16.2 Å². The van der Waals surface area contributed by atoms with Crippen LogP contribution in [0.2, 0.25) is 0 Å². The molecule has 1 aromatic heterocycles. The zero-order valence-corrected chi connectivity index (χ0v) is 8.62. The van der Waals surface area contributed by atoms with Crippen molar-refractivity contribution < 1.29 is 23.1 Å². The lowest BCUT2D eigenvalue weighted by Gasteiger charge is -2.05. The van der Waals surface area contributed by atoms with Gasteiger partial charge in [0.15, 0.2) is 0 Å². The molecule has 1 aromatic carbocycles. The molecule has 17 heavy (non-hydrogen) atoms. The Morgan fingerprint density at radius 2 is 2.06 bits per heavy atom. The summed E-state index contributed by atoms with van der Waals surface area (Å²) in [5.74, 6) is -2.24. The Balaban J connectivity index is 2.71. The molecule has 0 saturated heterocycles. The second-order valence-electron chi connectivity index (χ2n) is 3.50. The van der Waals surface area contributed by atoms with Crippen LogP contribution >= 0.6 is 0 Å². The summed E-state index contributed by atoms with van der Waals surface area (Å²) in [5, 5.41) is 8.75. The Morgan fingerprint density at radius 3 is 2.59 bits per heavy atom. The minimum Gasteiger partial charge on any atom is -0.478 e. The lowest BCUT2D eigenvalue weighted by Crippen LogP contribution is -2.12. The van der Waals surface area contributed by atoms with Crippen LogP contribution in [0.15, 0.2) is 18.2 Å². The average molecular weight is 244 g/mol. The number of aromatic nitrogens is 2. The summed E-state index contributed by atoms with van der Waals surface area (Å²) in [5.41, 5.74) is 0.177. The molecule has 0 radical (unpaired) electrons. The van der Waals surface area contributed by atoms with Gasteiger partial charge in [0.2, 0.25) is 5.82 Å². The fourth-order valence-corrected chi connectivity index (χ4v) is 1.58. The summed E-state index contributed by atoms with van der Waals surface area (Å²) < 4.78 is 38.5. The topological polar surface area (TPSA) is 55.1 Å². The van der Waals surface area contributed by atoms with E-state index in [1.54, 1.807) is 0 Å². The molecular weight excluding hydrogens is 237 g/mol. The minimum atomic E-state index is -4.56. The van der Waals surface area contributed by atoms with Gasteiger partial charge in [-0.2, -0.15) is 13.2 Å². The molecule has 0 fully saturated rings. The summed E-state index contributed by atoms with van der Waals surface area (Å²) in [6.07, 6.45) is -4.56. The van der Waals surface area contributed by atoms with Crippen LogP contribution in [-0.2, 0) is 13.2 Å². The molecule has 2 rings (SSSR count). The van der Waals surface area contributed by atoms with Crippen molar-refractivity contribution in [2.45, 2.75) is 6.18 Å². The van der Waals surface area contributed by atoms with Gasteiger partial charge in [0.1, 0.15) is 0 Å². The number of benzene rings is 1. The largest absolute Gasteiger partial charge is 0.478 e. The Hall–Kier alpha value is -2.05. The van der Waals surface area contributed by atoms with Crippen molar-refractivity contribution in [1.29, 1.82) is 0 Å². The van der Waals surface area contributed by atoms with Crippen molar-refractivity contribution in [2.24, 2.45) is 7.05 Å². The van der Waals surface area contributed by atoms with Gasteiger partial charge >= 0.3 is 12.1 Å². The predicted molar refractivity (Wildman–Crippen MR) is 52.7 cm³/mol. The normalized spacial score (nSPS) is 12.0. The molecule has 0 unspecified atom stereocenters. The molecule has 4 nitrogen and oxygen atoms in total. The maximum absolute atomic E-state index is 12.5. The van der Waals surface area contributed by atoms with E-state index in [9.17, 15) is 18.0 Å². The van der Waals surface area contributed by atoms with Crippen LogP contribution in [0, 0.1) is 0 Å². The Bertz CT molecular complexity index is 601. The molecule has 1 N–H and O–H groups in total. The number of imidazole rings is 1. The number of fused-ring (bicyclic) bond motifs is 1. The van der Waals surface area contributed by atoms with E-state index in [4.69, 9.17) is 5.11 Å². The molecular formula is C10H7F3N2O2. The van der Waals surface area contributed by atoms with Crippen LogP contribution in [0.3, 0.4) is 0 Å². The van der Waals surface area contributed by atoms with Crippen LogP contribution in [0.25, 0.3) is 11.0 Å². The third-order valence-electron chi connectivity index (χ3n) is 2.38. The number of aryl methyl sites for hydroxylation is 1. The van der Waals surface area contributed by atoms with Crippen molar-refractivity contribution in [3.63, 3.8) is 0 Å². The number of carboxylic acid groups (broad SMARTS) is 1. The van der Waals surface area contributed by atoms with E-state index in [0.717, 1.165) is 4.57 Å². The summed E-state index contributed by atoms with van der Waals surface area (Å²) >= 11 is 0. The highest BCUT2D eigenvalue weighted by Crippen LogP contribution is 2.30. The van der Waals surface area contributed by atoms with Gasteiger partial charge in [-0.05, 0) is 18.2 Å².